The summed E-state index contributed by atoms with van der Waals surface area (Å²) >= 11 is 0. The lowest BCUT2D eigenvalue weighted by Gasteiger charge is -2.35. The average Bonchev–Trinajstić information content (AvgIpc) is 2.40. The van der Waals surface area contributed by atoms with E-state index in [1.54, 1.807) is 0 Å². The molecule has 0 amide bonds. The molecular weight excluding hydrogens is 306 g/mol. The van der Waals surface area contributed by atoms with E-state index in [1.807, 2.05) is 18.2 Å². The van der Waals surface area contributed by atoms with Crippen molar-refractivity contribution in [1.82, 2.24) is 5.32 Å². The zero-order valence-corrected chi connectivity index (χ0v) is 12.9. The van der Waals surface area contributed by atoms with Crippen LogP contribution in [-0.2, 0) is 4.79 Å². The number of nitrogens with one attached hydrogen (secondary N) is 1. The summed E-state index contributed by atoms with van der Waals surface area (Å²) in [7, 11) is 0. The molecule has 1 N–H and O–H groups in total. The number of carbonyl (C=O) groups excluding carboxylic acids is 1. The summed E-state index contributed by atoms with van der Waals surface area (Å²) in [6, 6.07) is 10.3. The number of rotatable bonds is 4. The maximum atomic E-state index is 11.1. The largest absolute Gasteiger partial charge is 0.550 e. The molecular formula is C15H21BrNO2-. The Labute approximate surface area is 125 Å². The molecule has 19 heavy (non-hydrogen) atoms. The summed E-state index contributed by atoms with van der Waals surface area (Å²) in [6.45, 7) is 2.08. The Kier molecular flexibility index (Phi) is 6.52. The van der Waals surface area contributed by atoms with Gasteiger partial charge in [0.2, 0.25) is 0 Å². The first kappa shape index (κ1) is 16.2. The SMILES string of the molecule is Br.CC(NC1CCCCC1C(=O)[O-])c1ccccc1. The molecule has 1 fully saturated rings. The van der Waals surface area contributed by atoms with Crippen LogP contribution in [0.15, 0.2) is 30.3 Å². The first-order chi connectivity index (χ1) is 8.68. The molecule has 3 atom stereocenters. The van der Waals surface area contributed by atoms with Crippen LogP contribution in [0.25, 0.3) is 0 Å². The van der Waals surface area contributed by atoms with Crippen LogP contribution in [0.5, 0.6) is 0 Å². The first-order valence-electron chi connectivity index (χ1n) is 6.70. The van der Waals surface area contributed by atoms with Crippen LogP contribution in [-0.4, -0.2) is 12.0 Å². The second-order valence-electron chi connectivity index (χ2n) is 5.12. The maximum Gasteiger partial charge on any atom is 0.0460 e. The quantitative estimate of drug-likeness (QED) is 0.923. The van der Waals surface area contributed by atoms with Crippen molar-refractivity contribution in [1.29, 1.82) is 0 Å². The van der Waals surface area contributed by atoms with Crippen LogP contribution < -0.4 is 10.4 Å². The van der Waals surface area contributed by atoms with Gasteiger partial charge >= 0.3 is 0 Å². The molecule has 0 bridgehead atoms. The number of hydrogen-bond acceptors (Lipinski definition) is 3. The van der Waals surface area contributed by atoms with Gasteiger partial charge in [-0.1, -0.05) is 43.2 Å². The van der Waals surface area contributed by atoms with Crippen LogP contribution in [0.4, 0.5) is 0 Å². The average molecular weight is 327 g/mol. The lowest BCUT2D eigenvalue weighted by molar-refractivity contribution is -0.313. The molecule has 1 saturated carbocycles. The smallest absolute Gasteiger partial charge is 0.0460 e. The van der Waals surface area contributed by atoms with E-state index < -0.39 is 5.97 Å². The summed E-state index contributed by atoms with van der Waals surface area (Å²) in [5.74, 6) is -1.25. The van der Waals surface area contributed by atoms with Crippen molar-refractivity contribution < 1.29 is 9.90 Å². The molecule has 0 aromatic heterocycles. The van der Waals surface area contributed by atoms with Crippen molar-refractivity contribution in [3.8, 4) is 0 Å². The fraction of sp³-hybridized carbons (Fsp3) is 0.533. The number of carbonyl (C=O) groups is 1. The summed E-state index contributed by atoms with van der Waals surface area (Å²) in [4.78, 5) is 11.1. The molecule has 0 saturated heterocycles. The summed E-state index contributed by atoms with van der Waals surface area (Å²) < 4.78 is 0. The highest BCUT2D eigenvalue weighted by atomic mass is 79.9. The van der Waals surface area contributed by atoms with E-state index in [1.165, 1.54) is 5.56 Å². The summed E-state index contributed by atoms with van der Waals surface area (Å²) in [6.07, 6.45) is 3.76. The third-order valence-electron chi connectivity index (χ3n) is 3.83. The number of halogens is 1. The van der Waals surface area contributed by atoms with Crippen LogP contribution >= 0.6 is 17.0 Å². The molecule has 3 unspecified atom stereocenters. The summed E-state index contributed by atoms with van der Waals surface area (Å²) in [5, 5.41) is 14.6. The highest BCUT2D eigenvalue weighted by Gasteiger charge is 2.27. The van der Waals surface area contributed by atoms with Gasteiger partial charge in [0.25, 0.3) is 0 Å². The molecule has 0 spiro atoms. The standard InChI is InChI=1S/C15H21NO2.BrH/c1-11(12-7-3-2-4-8-12)16-14-10-6-5-9-13(14)15(17)18;/h2-4,7-8,11,13-14,16H,5-6,9-10H2,1H3,(H,17,18);1H/p-1. The second kappa shape index (κ2) is 7.65. The van der Waals surface area contributed by atoms with Crippen molar-refractivity contribution in [3.63, 3.8) is 0 Å². The molecule has 0 radical (unpaired) electrons. The van der Waals surface area contributed by atoms with Crippen LogP contribution in [0.3, 0.4) is 0 Å². The number of benzene rings is 1. The Balaban J connectivity index is 0.00000180. The van der Waals surface area contributed by atoms with Gasteiger partial charge < -0.3 is 15.2 Å². The normalized spacial score (nSPS) is 24.3. The molecule has 1 aromatic carbocycles. The first-order valence-corrected chi connectivity index (χ1v) is 6.70. The second-order valence-corrected chi connectivity index (χ2v) is 5.12. The van der Waals surface area contributed by atoms with Gasteiger partial charge in [0.05, 0.1) is 0 Å². The van der Waals surface area contributed by atoms with E-state index in [2.05, 4.69) is 24.4 Å². The lowest BCUT2D eigenvalue weighted by Crippen LogP contribution is -2.47. The van der Waals surface area contributed by atoms with Gasteiger partial charge in [0.15, 0.2) is 0 Å². The van der Waals surface area contributed by atoms with Gasteiger partial charge in [-0.05, 0) is 25.3 Å². The maximum absolute atomic E-state index is 11.1. The monoisotopic (exact) mass is 326 g/mol. The van der Waals surface area contributed by atoms with Crippen molar-refractivity contribution in [2.45, 2.75) is 44.7 Å². The molecule has 0 aliphatic heterocycles. The fourth-order valence-electron chi connectivity index (χ4n) is 2.77. The molecule has 2 rings (SSSR count). The van der Waals surface area contributed by atoms with Gasteiger partial charge in [0, 0.05) is 24.0 Å². The van der Waals surface area contributed by atoms with Crippen molar-refractivity contribution >= 4 is 23.0 Å². The van der Waals surface area contributed by atoms with Crippen LogP contribution in [0, 0.1) is 5.92 Å². The summed E-state index contributed by atoms with van der Waals surface area (Å²) in [5.41, 5.74) is 1.19. The fourth-order valence-corrected chi connectivity index (χ4v) is 2.77. The predicted octanol–water partition coefficient (Wildman–Crippen LogP) is 2.22. The van der Waals surface area contributed by atoms with Gasteiger partial charge in [-0.25, -0.2) is 0 Å². The van der Waals surface area contributed by atoms with Crippen molar-refractivity contribution in [2.24, 2.45) is 5.92 Å². The predicted molar refractivity (Wildman–Crippen MR) is 79.1 cm³/mol. The zero-order chi connectivity index (χ0) is 13.0. The molecule has 106 valence electrons. The van der Waals surface area contributed by atoms with E-state index in [0.29, 0.717) is 0 Å². The van der Waals surface area contributed by atoms with E-state index in [-0.39, 0.29) is 35.0 Å². The van der Waals surface area contributed by atoms with E-state index in [4.69, 9.17) is 0 Å². The number of carboxylic acids is 1. The van der Waals surface area contributed by atoms with E-state index >= 15 is 0 Å². The van der Waals surface area contributed by atoms with Gasteiger partial charge in [-0.15, -0.1) is 17.0 Å². The Morgan fingerprint density at radius 1 is 1.26 bits per heavy atom. The number of aliphatic carboxylic acids is 1. The number of hydrogen-bond donors (Lipinski definition) is 1. The van der Waals surface area contributed by atoms with Crippen LogP contribution in [0.1, 0.15) is 44.2 Å². The minimum Gasteiger partial charge on any atom is -0.550 e. The molecule has 1 aliphatic carbocycles. The highest BCUT2D eigenvalue weighted by molar-refractivity contribution is 8.93. The Hall–Kier alpha value is -0.870. The van der Waals surface area contributed by atoms with Gasteiger partial charge in [0.1, 0.15) is 0 Å². The van der Waals surface area contributed by atoms with Crippen molar-refractivity contribution in [3.05, 3.63) is 35.9 Å². The molecule has 1 aliphatic rings. The van der Waals surface area contributed by atoms with Gasteiger partial charge in [-0.2, -0.15) is 0 Å². The third-order valence-corrected chi connectivity index (χ3v) is 3.83. The molecule has 4 heteroatoms. The Bertz CT molecular complexity index is 396. The lowest BCUT2D eigenvalue weighted by atomic mass is 9.84. The Morgan fingerprint density at radius 3 is 2.53 bits per heavy atom. The molecule has 1 aromatic rings. The highest BCUT2D eigenvalue weighted by Crippen LogP contribution is 2.26. The minimum atomic E-state index is -0.910. The van der Waals surface area contributed by atoms with Gasteiger partial charge in [-0.3, -0.25) is 0 Å². The van der Waals surface area contributed by atoms with E-state index in [0.717, 1.165) is 25.7 Å². The van der Waals surface area contributed by atoms with E-state index in [9.17, 15) is 9.90 Å². The number of carboxylic acid groups (broad SMARTS) is 1. The van der Waals surface area contributed by atoms with Crippen LogP contribution in [0.2, 0.25) is 0 Å². The minimum absolute atomic E-state index is 0. The third kappa shape index (κ3) is 4.32. The van der Waals surface area contributed by atoms with Crippen molar-refractivity contribution in [2.75, 3.05) is 0 Å². The zero-order valence-electron chi connectivity index (χ0n) is 11.2. The molecule has 0 heterocycles. The topological polar surface area (TPSA) is 52.2 Å². The Morgan fingerprint density at radius 2 is 1.89 bits per heavy atom. The molecule has 3 nitrogen and oxygen atoms in total.